The van der Waals surface area contributed by atoms with Crippen LogP contribution >= 0.6 is 27.3 Å². The minimum atomic E-state index is 0.758. The van der Waals surface area contributed by atoms with Gasteiger partial charge in [0, 0.05) is 23.4 Å². The van der Waals surface area contributed by atoms with Gasteiger partial charge in [0.05, 0.1) is 9.30 Å². The Bertz CT molecular complexity index is 752. The average Bonchev–Trinajstić information content (AvgIpc) is 2.85. The molecule has 1 aromatic carbocycles. The smallest absolute Gasteiger partial charge is 0.163 e. The molecular weight excluding hydrogens is 322 g/mol. The maximum Gasteiger partial charge on any atom is 0.163 e. The van der Waals surface area contributed by atoms with Crippen molar-refractivity contribution in [3.8, 4) is 11.4 Å². The molecule has 2 heterocycles. The van der Waals surface area contributed by atoms with E-state index in [0.717, 1.165) is 37.5 Å². The number of rotatable bonds is 2. The predicted octanol–water partition coefficient (Wildman–Crippen LogP) is 4.47. The summed E-state index contributed by atoms with van der Waals surface area (Å²) in [7, 11) is 1.89. The third kappa shape index (κ3) is 2.24. The molecule has 0 aliphatic heterocycles. The highest BCUT2D eigenvalue weighted by Crippen LogP contribution is 2.30. The molecule has 19 heavy (non-hydrogen) atoms. The van der Waals surface area contributed by atoms with Gasteiger partial charge < -0.3 is 5.32 Å². The number of para-hydroxylation sites is 1. The van der Waals surface area contributed by atoms with Crippen LogP contribution in [-0.4, -0.2) is 17.0 Å². The van der Waals surface area contributed by atoms with Crippen molar-refractivity contribution in [3.63, 3.8) is 0 Å². The Morgan fingerprint density at radius 1 is 1.26 bits per heavy atom. The van der Waals surface area contributed by atoms with E-state index in [1.54, 1.807) is 11.3 Å². The molecule has 0 unspecified atom stereocenters. The van der Waals surface area contributed by atoms with Crippen LogP contribution in [0, 0.1) is 6.92 Å². The van der Waals surface area contributed by atoms with E-state index < -0.39 is 0 Å². The number of thiophene rings is 1. The van der Waals surface area contributed by atoms with E-state index >= 15 is 0 Å². The molecule has 0 saturated heterocycles. The van der Waals surface area contributed by atoms with Gasteiger partial charge in [0.15, 0.2) is 5.82 Å². The summed E-state index contributed by atoms with van der Waals surface area (Å²) in [5.74, 6) is 1.62. The number of fused-ring (bicyclic) bond motifs is 1. The van der Waals surface area contributed by atoms with Crippen LogP contribution in [0.5, 0.6) is 0 Å². The molecule has 3 rings (SSSR count). The Balaban J connectivity index is 2.30. The second-order valence-electron chi connectivity index (χ2n) is 4.26. The first-order valence-electron chi connectivity index (χ1n) is 5.88. The van der Waals surface area contributed by atoms with Gasteiger partial charge in [-0.15, -0.1) is 11.3 Å². The van der Waals surface area contributed by atoms with E-state index in [2.05, 4.69) is 44.6 Å². The molecule has 0 aliphatic rings. The second kappa shape index (κ2) is 4.90. The van der Waals surface area contributed by atoms with Crippen molar-refractivity contribution in [2.45, 2.75) is 6.92 Å². The molecule has 0 saturated carbocycles. The lowest BCUT2D eigenvalue weighted by molar-refractivity contribution is 1.21. The van der Waals surface area contributed by atoms with Crippen LogP contribution in [0.2, 0.25) is 0 Å². The van der Waals surface area contributed by atoms with E-state index in [1.165, 1.54) is 0 Å². The highest BCUT2D eigenvalue weighted by molar-refractivity contribution is 9.11. The third-order valence-electron chi connectivity index (χ3n) is 2.99. The lowest BCUT2D eigenvalue weighted by Crippen LogP contribution is -1.99. The van der Waals surface area contributed by atoms with Gasteiger partial charge in [-0.25, -0.2) is 9.97 Å². The van der Waals surface area contributed by atoms with E-state index in [9.17, 15) is 0 Å². The van der Waals surface area contributed by atoms with Crippen LogP contribution in [0.25, 0.3) is 22.3 Å². The van der Waals surface area contributed by atoms with Crippen LogP contribution in [0.15, 0.2) is 33.4 Å². The topological polar surface area (TPSA) is 37.8 Å². The lowest BCUT2D eigenvalue weighted by Gasteiger charge is -2.08. The van der Waals surface area contributed by atoms with Crippen molar-refractivity contribution in [1.82, 2.24) is 9.97 Å². The number of anilines is 1. The summed E-state index contributed by atoms with van der Waals surface area (Å²) in [6.45, 7) is 2.07. The summed E-state index contributed by atoms with van der Waals surface area (Å²) < 4.78 is 1.09. The average molecular weight is 334 g/mol. The molecule has 0 amide bonds. The zero-order valence-corrected chi connectivity index (χ0v) is 13.0. The fourth-order valence-corrected chi connectivity index (χ4v) is 3.18. The number of hydrogen-bond acceptors (Lipinski definition) is 4. The van der Waals surface area contributed by atoms with Gasteiger partial charge in [-0.05, 0) is 40.5 Å². The Morgan fingerprint density at radius 2 is 2.11 bits per heavy atom. The van der Waals surface area contributed by atoms with Crippen molar-refractivity contribution < 1.29 is 0 Å². The van der Waals surface area contributed by atoms with Gasteiger partial charge in [-0.2, -0.15) is 0 Å². The number of nitrogens with zero attached hydrogens (tertiary/aromatic N) is 2. The van der Waals surface area contributed by atoms with Crippen molar-refractivity contribution >= 4 is 44.0 Å². The van der Waals surface area contributed by atoms with Gasteiger partial charge in [-0.1, -0.05) is 12.1 Å². The first kappa shape index (κ1) is 12.6. The van der Waals surface area contributed by atoms with Crippen LogP contribution in [-0.2, 0) is 0 Å². The Hall–Kier alpha value is -1.46. The summed E-state index contributed by atoms with van der Waals surface area (Å²) in [5, 5.41) is 6.27. The van der Waals surface area contributed by atoms with E-state index in [1.807, 2.05) is 25.2 Å². The number of halogens is 1. The maximum atomic E-state index is 4.70. The van der Waals surface area contributed by atoms with Gasteiger partial charge in [0.25, 0.3) is 0 Å². The molecular formula is C14H12BrN3S. The minimum absolute atomic E-state index is 0.758. The fraction of sp³-hybridized carbons (Fsp3) is 0.143. The van der Waals surface area contributed by atoms with E-state index in [4.69, 9.17) is 4.98 Å². The zero-order valence-electron chi connectivity index (χ0n) is 10.6. The molecule has 0 bridgehead atoms. The SMILES string of the molecule is CNc1nc(-c2csc(Br)c2)nc2c(C)cccc12. The highest BCUT2D eigenvalue weighted by atomic mass is 79.9. The van der Waals surface area contributed by atoms with Crippen molar-refractivity contribution in [1.29, 1.82) is 0 Å². The minimum Gasteiger partial charge on any atom is -0.373 e. The monoisotopic (exact) mass is 333 g/mol. The summed E-state index contributed by atoms with van der Waals surface area (Å²) in [5.41, 5.74) is 3.20. The summed E-state index contributed by atoms with van der Waals surface area (Å²) in [4.78, 5) is 9.31. The molecule has 0 fully saturated rings. The lowest BCUT2D eigenvalue weighted by atomic mass is 10.1. The van der Waals surface area contributed by atoms with Crippen LogP contribution in [0.4, 0.5) is 5.82 Å². The highest BCUT2D eigenvalue weighted by Gasteiger charge is 2.11. The first-order valence-corrected chi connectivity index (χ1v) is 7.56. The Morgan fingerprint density at radius 3 is 2.79 bits per heavy atom. The number of hydrogen-bond donors (Lipinski definition) is 1. The largest absolute Gasteiger partial charge is 0.373 e. The molecule has 0 atom stereocenters. The zero-order chi connectivity index (χ0) is 13.4. The normalized spacial score (nSPS) is 10.9. The van der Waals surface area contributed by atoms with Crippen LogP contribution in [0.1, 0.15) is 5.56 Å². The van der Waals surface area contributed by atoms with E-state index in [0.29, 0.717) is 0 Å². The molecule has 2 aromatic heterocycles. The predicted molar refractivity (Wildman–Crippen MR) is 84.8 cm³/mol. The molecule has 0 spiro atoms. The number of aromatic nitrogens is 2. The number of nitrogens with one attached hydrogen (secondary N) is 1. The Labute approximate surface area is 123 Å². The standard InChI is InChI=1S/C14H12BrN3S/c1-8-4-3-5-10-12(8)17-13(18-14(10)16-2)9-6-11(15)19-7-9/h3-7H,1-2H3,(H,16,17,18). The molecule has 0 aliphatic carbocycles. The number of aryl methyl sites for hydroxylation is 1. The van der Waals surface area contributed by atoms with Crippen LogP contribution in [0.3, 0.4) is 0 Å². The molecule has 0 radical (unpaired) electrons. The third-order valence-corrected chi connectivity index (χ3v) is 4.50. The number of benzene rings is 1. The summed E-state index contributed by atoms with van der Waals surface area (Å²) in [6.07, 6.45) is 0. The van der Waals surface area contributed by atoms with E-state index in [-0.39, 0.29) is 0 Å². The van der Waals surface area contributed by atoms with Gasteiger partial charge in [0.2, 0.25) is 0 Å². The summed E-state index contributed by atoms with van der Waals surface area (Å²) >= 11 is 5.12. The molecule has 3 aromatic rings. The van der Waals surface area contributed by atoms with Crippen molar-refractivity contribution in [3.05, 3.63) is 39.0 Å². The Kier molecular flexibility index (Phi) is 3.24. The quantitative estimate of drug-likeness (QED) is 0.751. The second-order valence-corrected chi connectivity index (χ2v) is 6.55. The van der Waals surface area contributed by atoms with Crippen molar-refractivity contribution in [2.24, 2.45) is 0 Å². The van der Waals surface area contributed by atoms with Crippen molar-refractivity contribution in [2.75, 3.05) is 12.4 Å². The van der Waals surface area contributed by atoms with Gasteiger partial charge in [-0.3, -0.25) is 0 Å². The van der Waals surface area contributed by atoms with Gasteiger partial charge >= 0.3 is 0 Å². The fourth-order valence-electron chi connectivity index (χ4n) is 2.04. The maximum absolute atomic E-state index is 4.70. The first-order chi connectivity index (χ1) is 9.19. The molecule has 5 heteroatoms. The molecule has 1 N–H and O–H groups in total. The van der Waals surface area contributed by atoms with Crippen LogP contribution < -0.4 is 5.32 Å². The molecule has 3 nitrogen and oxygen atoms in total. The summed E-state index contributed by atoms with van der Waals surface area (Å²) in [6, 6.07) is 8.19. The van der Waals surface area contributed by atoms with Gasteiger partial charge in [0.1, 0.15) is 5.82 Å². The molecule has 96 valence electrons.